The van der Waals surface area contributed by atoms with E-state index in [9.17, 15) is 0 Å². The van der Waals surface area contributed by atoms with Crippen molar-refractivity contribution < 1.29 is 0 Å². The van der Waals surface area contributed by atoms with Gasteiger partial charge in [0, 0.05) is 18.6 Å². The number of fused-ring (bicyclic) bond motifs is 5. The molecule has 0 aromatic carbocycles. The zero-order chi connectivity index (χ0) is 9.83. The monoisotopic (exact) mass is 206 g/mol. The maximum Gasteiger partial charge on any atom is 0.0195 e. The molecule has 2 heteroatoms. The number of piperidine rings is 1. The summed E-state index contributed by atoms with van der Waals surface area (Å²) < 4.78 is 0. The lowest BCUT2D eigenvalue weighted by molar-refractivity contribution is 0.354. The number of rotatable bonds is 2. The SMILES string of the molecule is C1CNCC(NC2C3C4CCC(C4)C23)C1. The van der Waals surface area contributed by atoms with Crippen molar-refractivity contribution in [1.82, 2.24) is 10.6 Å². The number of hydrogen-bond acceptors (Lipinski definition) is 2. The fourth-order valence-electron chi connectivity index (χ4n) is 4.81. The summed E-state index contributed by atoms with van der Waals surface area (Å²) in [4.78, 5) is 0. The molecule has 2 bridgehead atoms. The molecule has 0 amide bonds. The maximum atomic E-state index is 3.93. The predicted molar refractivity (Wildman–Crippen MR) is 60.6 cm³/mol. The Balaban J connectivity index is 1.37. The van der Waals surface area contributed by atoms with Gasteiger partial charge in [0.2, 0.25) is 0 Å². The summed E-state index contributed by atoms with van der Waals surface area (Å²) in [5, 5.41) is 7.44. The normalized spacial score (nSPS) is 56.8. The maximum absolute atomic E-state index is 3.93. The van der Waals surface area contributed by atoms with Gasteiger partial charge >= 0.3 is 0 Å². The Morgan fingerprint density at radius 2 is 1.80 bits per heavy atom. The van der Waals surface area contributed by atoms with Gasteiger partial charge in [0.25, 0.3) is 0 Å². The van der Waals surface area contributed by atoms with Crippen molar-refractivity contribution in [1.29, 1.82) is 0 Å². The highest BCUT2D eigenvalue weighted by molar-refractivity contribution is 5.17. The molecule has 15 heavy (non-hydrogen) atoms. The summed E-state index contributed by atoms with van der Waals surface area (Å²) in [7, 11) is 0. The van der Waals surface area contributed by atoms with Gasteiger partial charge in [-0.05, 0) is 62.3 Å². The Morgan fingerprint density at radius 1 is 1.00 bits per heavy atom. The van der Waals surface area contributed by atoms with Gasteiger partial charge in [-0.2, -0.15) is 0 Å². The Hall–Kier alpha value is -0.0800. The van der Waals surface area contributed by atoms with Crippen LogP contribution < -0.4 is 10.6 Å². The topological polar surface area (TPSA) is 24.1 Å². The zero-order valence-electron chi connectivity index (χ0n) is 9.41. The van der Waals surface area contributed by atoms with E-state index in [-0.39, 0.29) is 0 Å². The van der Waals surface area contributed by atoms with Crippen LogP contribution in [0.5, 0.6) is 0 Å². The van der Waals surface area contributed by atoms with Crippen LogP contribution in [0.4, 0.5) is 0 Å². The molecule has 4 fully saturated rings. The van der Waals surface area contributed by atoms with Crippen LogP contribution in [0.25, 0.3) is 0 Å². The standard InChI is InChI=1S/C13H22N2/c1-2-10(7-14-5-1)15-13-11-8-3-4-9(6-8)12(11)13/h8-15H,1-7H2. The molecule has 0 radical (unpaired) electrons. The first-order valence-corrected chi connectivity index (χ1v) is 6.90. The van der Waals surface area contributed by atoms with E-state index in [0.717, 1.165) is 35.8 Å². The average molecular weight is 206 g/mol. The third kappa shape index (κ3) is 1.31. The second-order valence-corrected chi connectivity index (χ2v) is 6.22. The highest BCUT2D eigenvalue weighted by Gasteiger charge is 2.64. The fourth-order valence-corrected chi connectivity index (χ4v) is 4.81. The molecule has 5 atom stereocenters. The van der Waals surface area contributed by atoms with Crippen LogP contribution in [0.1, 0.15) is 32.1 Å². The molecule has 2 N–H and O–H groups in total. The van der Waals surface area contributed by atoms with Gasteiger partial charge in [0.1, 0.15) is 0 Å². The molecule has 4 rings (SSSR count). The lowest BCUT2D eigenvalue weighted by atomic mass is 10.0. The van der Waals surface area contributed by atoms with E-state index >= 15 is 0 Å². The van der Waals surface area contributed by atoms with Crippen molar-refractivity contribution >= 4 is 0 Å². The lowest BCUT2D eigenvalue weighted by Crippen LogP contribution is -2.45. The number of hydrogen-bond donors (Lipinski definition) is 2. The van der Waals surface area contributed by atoms with Crippen LogP contribution in [0.2, 0.25) is 0 Å². The second kappa shape index (κ2) is 3.21. The minimum atomic E-state index is 0.786. The second-order valence-electron chi connectivity index (χ2n) is 6.22. The van der Waals surface area contributed by atoms with Crippen LogP contribution in [-0.4, -0.2) is 25.2 Å². The van der Waals surface area contributed by atoms with Gasteiger partial charge in [-0.15, -0.1) is 0 Å². The van der Waals surface area contributed by atoms with Gasteiger partial charge in [-0.3, -0.25) is 0 Å². The summed E-state index contributed by atoms with van der Waals surface area (Å²) >= 11 is 0. The van der Waals surface area contributed by atoms with Crippen LogP contribution in [-0.2, 0) is 0 Å². The van der Waals surface area contributed by atoms with E-state index in [1.54, 1.807) is 19.3 Å². The van der Waals surface area contributed by atoms with Crippen molar-refractivity contribution in [2.45, 2.75) is 44.2 Å². The molecule has 5 unspecified atom stereocenters. The van der Waals surface area contributed by atoms with Gasteiger partial charge in [-0.1, -0.05) is 0 Å². The predicted octanol–water partition coefficient (Wildman–Crippen LogP) is 1.37. The van der Waals surface area contributed by atoms with E-state index in [4.69, 9.17) is 0 Å². The Labute approximate surface area is 92.2 Å². The molecule has 4 aliphatic rings. The van der Waals surface area contributed by atoms with Gasteiger partial charge in [-0.25, -0.2) is 0 Å². The molecule has 0 aromatic heterocycles. The van der Waals surface area contributed by atoms with Crippen molar-refractivity contribution in [2.24, 2.45) is 23.7 Å². The van der Waals surface area contributed by atoms with Crippen LogP contribution in [0.15, 0.2) is 0 Å². The summed E-state index contributed by atoms with van der Waals surface area (Å²) in [5.74, 6) is 4.44. The minimum Gasteiger partial charge on any atom is -0.315 e. The highest BCUT2D eigenvalue weighted by Crippen LogP contribution is 2.65. The smallest absolute Gasteiger partial charge is 0.0195 e. The van der Waals surface area contributed by atoms with E-state index in [1.807, 2.05) is 0 Å². The first-order valence-electron chi connectivity index (χ1n) is 6.90. The first kappa shape index (κ1) is 9.00. The summed E-state index contributed by atoms with van der Waals surface area (Å²) in [6, 6.07) is 1.72. The van der Waals surface area contributed by atoms with Crippen molar-refractivity contribution in [2.75, 3.05) is 13.1 Å². The molecule has 1 saturated heterocycles. The van der Waals surface area contributed by atoms with E-state index < -0.39 is 0 Å². The molecular weight excluding hydrogens is 184 g/mol. The van der Waals surface area contributed by atoms with E-state index in [0.29, 0.717) is 0 Å². The molecule has 84 valence electrons. The van der Waals surface area contributed by atoms with E-state index in [1.165, 1.54) is 25.9 Å². The van der Waals surface area contributed by atoms with Gasteiger partial charge in [0.15, 0.2) is 0 Å². The average Bonchev–Trinajstić information content (AvgIpc) is 2.71. The molecular formula is C13H22N2. The Bertz CT molecular complexity index is 243. The van der Waals surface area contributed by atoms with Crippen LogP contribution in [0.3, 0.4) is 0 Å². The van der Waals surface area contributed by atoms with Crippen molar-refractivity contribution in [3.8, 4) is 0 Å². The summed E-state index contributed by atoms with van der Waals surface area (Å²) in [5.41, 5.74) is 0. The molecule has 1 aliphatic heterocycles. The molecule has 2 nitrogen and oxygen atoms in total. The summed E-state index contributed by atoms with van der Waals surface area (Å²) in [6.07, 6.45) is 7.45. The molecule has 0 aromatic rings. The van der Waals surface area contributed by atoms with Gasteiger partial charge < -0.3 is 10.6 Å². The van der Waals surface area contributed by atoms with E-state index in [2.05, 4.69) is 10.6 Å². The first-order chi connectivity index (χ1) is 7.43. The van der Waals surface area contributed by atoms with Crippen LogP contribution >= 0.6 is 0 Å². The highest BCUT2D eigenvalue weighted by atomic mass is 15.1. The summed E-state index contributed by atoms with van der Waals surface area (Å²) in [6.45, 7) is 2.45. The molecule has 1 heterocycles. The molecule has 3 aliphatic carbocycles. The minimum absolute atomic E-state index is 0.786. The molecule has 3 saturated carbocycles. The van der Waals surface area contributed by atoms with Gasteiger partial charge in [0.05, 0.1) is 0 Å². The number of nitrogens with one attached hydrogen (secondary N) is 2. The molecule has 0 spiro atoms. The Kier molecular flexibility index (Phi) is 1.92. The lowest BCUT2D eigenvalue weighted by Gasteiger charge is -2.25. The fraction of sp³-hybridized carbons (Fsp3) is 1.00. The van der Waals surface area contributed by atoms with Crippen molar-refractivity contribution in [3.63, 3.8) is 0 Å². The largest absolute Gasteiger partial charge is 0.315 e. The Morgan fingerprint density at radius 3 is 2.47 bits per heavy atom. The third-order valence-electron chi connectivity index (χ3n) is 5.46. The third-order valence-corrected chi connectivity index (χ3v) is 5.46. The quantitative estimate of drug-likeness (QED) is 0.713. The zero-order valence-corrected chi connectivity index (χ0v) is 9.41. The van der Waals surface area contributed by atoms with Crippen LogP contribution in [0, 0.1) is 23.7 Å². The van der Waals surface area contributed by atoms with Crippen molar-refractivity contribution in [3.05, 3.63) is 0 Å².